The number of aromatic amines is 2. The van der Waals surface area contributed by atoms with Gasteiger partial charge in [0.1, 0.15) is 23.0 Å². The smallest absolute Gasteiger partial charge is 0.355 e. The van der Waals surface area contributed by atoms with Crippen molar-refractivity contribution in [2.75, 3.05) is 80.1 Å². The fraction of sp³-hybridized carbons (Fsp3) is 0.184. The molecule has 346 valence electrons. The molecule has 20 nitrogen and oxygen atoms in total. The number of carbonyl (C=O) groups excluding carboxylic acids is 1. The number of nitrogens with one attached hydrogen (secondary N) is 4. The molecule has 8 aromatic heterocycles. The number of hydrogen-bond donors (Lipinski definition) is 5. The molecule has 0 bridgehead atoms. The highest BCUT2D eigenvalue weighted by atomic mass is 16.5. The lowest BCUT2D eigenvalue weighted by molar-refractivity contribution is 0.0592. The van der Waals surface area contributed by atoms with Crippen LogP contribution in [-0.4, -0.2) is 126 Å². The van der Waals surface area contributed by atoms with Crippen LogP contribution in [0.25, 0.3) is 55.4 Å². The van der Waals surface area contributed by atoms with E-state index in [9.17, 15) is 14.7 Å². The van der Waals surface area contributed by atoms with Crippen LogP contribution in [0.5, 0.6) is 0 Å². The number of methoxy groups -OCH3 is 1. The Hall–Kier alpha value is -8.88. The average molecular weight is 925 g/mol. The second-order valence-corrected chi connectivity index (χ2v) is 16.3. The van der Waals surface area contributed by atoms with Crippen molar-refractivity contribution in [3.63, 3.8) is 0 Å². The van der Waals surface area contributed by atoms with E-state index < -0.39 is 11.9 Å². The fourth-order valence-electron chi connectivity index (χ4n) is 8.75. The van der Waals surface area contributed by atoms with E-state index in [-0.39, 0.29) is 5.69 Å². The minimum Gasteiger partial charge on any atom is -0.477 e. The molecule has 12 rings (SSSR count). The van der Waals surface area contributed by atoms with Gasteiger partial charge in [0.15, 0.2) is 11.3 Å². The van der Waals surface area contributed by atoms with Gasteiger partial charge in [-0.3, -0.25) is 19.0 Å². The van der Waals surface area contributed by atoms with Gasteiger partial charge in [-0.15, -0.1) is 0 Å². The second-order valence-electron chi connectivity index (χ2n) is 16.3. The first-order chi connectivity index (χ1) is 33.9. The lowest BCUT2D eigenvalue weighted by Gasteiger charge is -2.28. The van der Waals surface area contributed by atoms with Crippen LogP contribution in [0, 0.1) is 0 Å². The molecule has 10 heterocycles. The average Bonchev–Trinajstić information content (AvgIpc) is 4.25. The highest BCUT2D eigenvalue weighted by Gasteiger charge is 2.23. The summed E-state index contributed by atoms with van der Waals surface area (Å²) < 4.78 is 19.3. The zero-order valence-electron chi connectivity index (χ0n) is 37.2. The van der Waals surface area contributed by atoms with Crippen molar-refractivity contribution in [3.8, 4) is 22.3 Å². The summed E-state index contributed by atoms with van der Waals surface area (Å²) in [5.74, 6) is -0.179. The van der Waals surface area contributed by atoms with Crippen LogP contribution in [0.3, 0.4) is 0 Å². The molecule has 0 spiro atoms. The molecule has 2 fully saturated rings. The SMILES string of the molecule is COC(=O)c1c(-c2ccc3cn[nH]c3c2)cc(Nc2ccc(N3CCOCC3)cn2)c2nccn12.O=C(O)c1c(-c2ccc3cn[nH]c3c2)cc(Nc2ccc(N3CCOCC3)cn2)c2nccn12. The number of aromatic carboxylic acids is 1. The number of carboxylic acid groups (broad SMARTS) is 1. The molecule has 69 heavy (non-hydrogen) atoms. The van der Waals surface area contributed by atoms with Crippen LogP contribution in [0.4, 0.5) is 34.4 Å². The van der Waals surface area contributed by atoms with Gasteiger partial charge in [0.2, 0.25) is 0 Å². The number of aromatic nitrogens is 10. The van der Waals surface area contributed by atoms with Crippen molar-refractivity contribution in [1.29, 1.82) is 0 Å². The molecule has 0 unspecified atom stereocenters. The molecule has 20 heteroatoms. The fourth-order valence-corrected chi connectivity index (χ4v) is 8.75. The van der Waals surface area contributed by atoms with E-state index in [0.717, 1.165) is 83.7 Å². The van der Waals surface area contributed by atoms with E-state index in [2.05, 4.69) is 60.8 Å². The number of pyridine rings is 4. The molecule has 5 N–H and O–H groups in total. The number of anilines is 6. The van der Waals surface area contributed by atoms with Crippen LogP contribution in [0.2, 0.25) is 0 Å². The molecule has 10 aromatic rings. The van der Waals surface area contributed by atoms with Crippen LogP contribution < -0.4 is 20.4 Å². The summed E-state index contributed by atoms with van der Waals surface area (Å²) in [6.07, 6.45) is 13.8. The van der Waals surface area contributed by atoms with Gasteiger partial charge >= 0.3 is 11.9 Å². The van der Waals surface area contributed by atoms with Crippen LogP contribution in [-0.2, 0) is 14.2 Å². The normalized spacial score (nSPS) is 14.0. The summed E-state index contributed by atoms with van der Waals surface area (Å²) >= 11 is 0. The van der Waals surface area contributed by atoms with Gasteiger partial charge in [-0.25, -0.2) is 29.5 Å². The molecule has 0 aliphatic carbocycles. The zero-order valence-corrected chi connectivity index (χ0v) is 37.2. The number of benzene rings is 2. The predicted octanol–water partition coefficient (Wildman–Crippen LogP) is 7.19. The number of morpholine rings is 2. The topological polar surface area (TPSA) is 230 Å². The first-order valence-electron chi connectivity index (χ1n) is 22.2. The van der Waals surface area contributed by atoms with E-state index in [4.69, 9.17) is 14.2 Å². The van der Waals surface area contributed by atoms with Crippen LogP contribution in [0.15, 0.2) is 122 Å². The van der Waals surface area contributed by atoms with Gasteiger partial charge in [0.05, 0.1) is 92.1 Å². The van der Waals surface area contributed by atoms with Crippen molar-refractivity contribution in [3.05, 3.63) is 134 Å². The summed E-state index contributed by atoms with van der Waals surface area (Å²) in [4.78, 5) is 47.7. The quantitative estimate of drug-likeness (QED) is 0.0855. The van der Waals surface area contributed by atoms with Crippen molar-refractivity contribution >= 4 is 79.4 Å². The first-order valence-corrected chi connectivity index (χ1v) is 22.2. The summed E-state index contributed by atoms with van der Waals surface area (Å²) in [5, 5.41) is 32.8. The number of nitrogens with zero attached hydrogens (tertiary/aromatic N) is 10. The third-order valence-corrected chi connectivity index (χ3v) is 12.2. The lowest BCUT2D eigenvalue weighted by Crippen LogP contribution is -2.36. The van der Waals surface area contributed by atoms with Crippen molar-refractivity contribution < 1.29 is 28.9 Å². The molecule has 2 aliphatic heterocycles. The molecular weight excluding hydrogens is 881 g/mol. The number of hydrogen-bond acceptors (Lipinski definition) is 15. The number of ether oxygens (including phenoxy) is 3. The summed E-state index contributed by atoms with van der Waals surface area (Å²) in [6, 6.07) is 23.2. The number of carbonyl (C=O) groups is 2. The maximum absolute atomic E-state index is 12.9. The first kappa shape index (κ1) is 42.7. The number of H-pyrrole nitrogens is 2. The van der Waals surface area contributed by atoms with E-state index in [1.54, 1.807) is 52.0 Å². The Morgan fingerprint density at radius 3 is 1.54 bits per heavy atom. The van der Waals surface area contributed by atoms with Gasteiger partial charge in [0, 0.05) is 72.9 Å². The Labute approximate surface area is 392 Å². The standard InChI is InChI=1S/C25H23N7O3.C24H21N7O3/c1-34-25(33)23-19(16-2-3-17-14-28-30-20(17)12-16)13-21(24-26-6-7-32(23)24)29-22-5-4-18(15-27-22)31-8-10-35-11-9-31;32-24(33)22-18(15-1-2-16-13-27-29-19(16)11-15)12-20(23-25-5-6-31(22)23)28-21-4-3-17(14-26-21)30-7-9-34-10-8-30/h2-7,12-15H,8-11H2,1H3,(H,27,29)(H,28,30);1-6,11-14H,7-10H2,(H,26,28)(H,27,29)(H,32,33). The second kappa shape index (κ2) is 18.4. The van der Waals surface area contributed by atoms with Crippen molar-refractivity contribution in [2.24, 2.45) is 0 Å². The Morgan fingerprint density at radius 2 is 1.09 bits per heavy atom. The molecule has 0 atom stereocenters. The van der Waals surface area contributed by atoms with Gasteiger partial charge in [-0.2, -0.15) is 10.2 Å². The monoisotopic (exact) mass is 924 g/mol. The van der Waals surface area contributed by atoms with Crippen LogP contribution >= 0.6 is 0 Å². The Kier molecular flexibility index (Phi) is 11.4. The summed E-state index contributed by atoms with van der Waals surface area (Å²) in [7, 11) is 1.37. The highest BCUT2D eigenvalue weighted by molar-refractivity contribution is 6.01. The van der Waals surface area contributed by atoms with Gasteiger partial charge < -0.3 is 39.8 Å². The van der Waals surface area contributed by atoms with E-state index in [0.29, 0.717) is 64.3 Å². The highest BCUT2D eigenvalue weighted by Crippen LogP contribution is 2.35. The number of rotatable bonds is 10. The maximum Gasteiger partial charge on any atom is 0.355 e. The van der Waals surface area contributed by atoms with E-state index in [1.165, 1.54) is 7.11 Å². The number of esters is 1. The Bertz CT molecular complexity index is 3480. The maximum atomic E-state index is 12.9. The Morgan fingerprint density at radius 1 is 0.609 bits per heavy atom. The van der Waals surface area contributed by atoms with E-state index >= 15 is 0 Å². The van der Waals surface area contributed by atoms with E-state index in [1.807, 2.05) is 79.1 Å². The number of imidazole rings is 2. The molecule has 2 aliphatic rings. The minimum atomic E-state index is -1.04. The molecular formula is C49H44N14O6. The molecule has 2 aromatic carbocycles. The minimum absolute atomic E-state index is 0.132. The predicted molar refractivity (Wildman–Crippen MR) is 260 cm³/mol. The van der Waals surface area contributed by atoms with Crippen molar-refractivity contribution in [1.82, 2.24) is 49.1 Å². The molecule has 2 saturated heterocycles. The Balaban J connectivity index is 0.000000151. The van der Waals surface area contributed by atoms with Crippen molar-refractivity contribution in [2.45, 2.75) is 0 Å². The molecule has 0 amide bonds. The third kappa shape index (κ3) is 8.45. The third-order valence-electron chi connectivity index (χ3n) is 12.2. The summed E-state index contributed by atoms with van der Waals surface area (Å²) in [5.41, 5.74) is 9.64. The largest absolute Gasteiger partial charge is 0.477 e. The number of fused-ring (bicyclic) bond motifs is 4. The molecule has 0 saturated carbocycles. The van der Waals surface area contributed by atoms with Gasteiger partial charge in [0.25, 0.3) is 0 Å². The number of carboxylic acids is 1. The lowest BCUT2D eigenvalue weighted by atomic mass is 10.0. The van der Waals surface area contributed by atoms with Gasteiger partial charge in [-0.05, 0) is 59.7 Å². The van der Waals surface area contributed by atoms with Crippen LogP contribution in [0.1, 0.15) is 21.0 Å². The van der Waals surface area contributed by atoms with Gasteiger partial charge in [-0.1, -0.05) is 24.3 Å². The molecule has 0 radical (unpaired) electrons. The zero-order chi connectivity index (χ0) is 46.8. The summed E-state index contributed by atoms with van der Waals surface area (Å²) in [6.45, 7) is 6.23.